The molecule has 13 rings (SSSR count). The van der Waals surface area contributed by atoms with E-state index in [0.29, 0.717) is 0 Å². The predicted octanol–water partition coefficient (Wildman–Crippen LogP) is 17.2. The monoisotopic (exact) mass is 787 g/mol. The number of rotatable bonds is 6. The largest absolute Gasteiger partial charge is 0.455 e. The summed E-state index contributed by atoms with van der Waals surface area (Å²) >= 11 is 0. The van der Waals surface area contributed by atoms with Gasteiger partial charge in [-0.25, -0.2) is 0 Å². The number of fused-ring (bicyclic) bond motifs is 9. The fraction of sp³-hybridized carbons (Fsp3) is 0. The summed E-state index contributed by atoms with van der Waals surface area (Å²) in [5.41, 5.74) is 17.2. The fourth-order valence-corrected chi connectivity index (χ4v) is 10.0. The zero-order chi connectivity index (χ0) is 40.7. The summed E-state index contributed by atoms with van der Waals surface area (Å²) in [7, 11) is 0. The Labute approximate surface area is 359 Å². The Morgan fingerprint density at radius 1 is 0.274 bits per heavy atom. The zero-order valence-corrected chi connectivity index (χ0v) is 33.7. The van der Waals surface area contributed by atoms with Gasteiger partial charge in [-0.1, -0.05) is 164 Å². The van der Waals surface area contributed by atoms with Crippen LogP contribution in [0.2, 0.25) is 0 Å². The third-order valence-electron chi connectivity index (χ3n) is 12.9. The summed E-state index contributed by atoms with van der Waals surface area (Å²) in [4.78, 5) is 2.39. The molecule has 0 bridgehead atoms. The highest BCUT2D eigenvalue weighted by Gasteiger charge is 2.22. The van der Waals surface area contributed by atoms with Gasteiger partial charge in [0.05, 0.1) is 0 Å². The van der Waals surface area contributed by atoms with E-state index in [-0.39, 0.29) is 0 Å². The highest BCUT2D eigenvalue weighted by atomic mass is 16.3. The van der Waals surface area contributed by atoms with Crippen LogP contribution >= 0.6 is 0 Å². The highest BCUT2D eigenvalue weighted by molar-refractivity contribution is 6.17. The highest BCUT2D eigenvalue weighted by Crippen LogP contribution is 2.49. The molecule has 62 heavy (non-hydrogen) atoms. The van der Waals surface area contributed by atoms with Crippen LogP contribution in [-0.2, 0) is 0 Å². The van der Waals surface area contributed by atoms with E-state index < -0.39 is 0 Å². The van der Waals surface area contributed by atoms with Crippen molar-refractivity contribution in [1.82, 2.24) is 0 Å². The van der Waals surface area contributed by atoms with Gasteiger partial charge in [-0.05, 0) is 143 Å². The molecule has 2 nitrogen and oxygen atoms in total. The molecule has 0 fully saturated rings. The van der Waals surface area contributed by atoms with Gasteiger partial charge in [0.15, 0.2) is 0 Å². The summed E-state index contributed by atoms with van der Waals surface area (Å²) < 4.78 is 6.47. The number of para-hydroxylation sites is 2. The Hall–Kier alpha value is -8.20. The topological polar surface area (TPSA) is 16.4 Å². The molecular formula is C60H37NO. The van der Waals surface area contributed by atoms with Gasteiger partial charge in [-0.15, -0.1) is 0 Å². The van der Waals surface area contributed by atoms with Crippen LogP contribution in [0.5, 0.6) is 0 Å². The summed E-state index contributed by atoms with van der Waals surface area (Å²) in [6, 6.07) is 81.9. The van der Waals surface area contributed by atoms with Crippen molar-refractivity contribution < 1.29 is 4.42 Å². The van der Waals surface area contributed by atoms with Gasteiger partial charge in [0.2, 0.25) is 0 Å². The van der Waals surface area contributed by atoms with Crippen LogP contribution in [0.4, 0.5) is 17.1 Å². The van der Waals surface area contributed by atoms with Crippen molar-refractivity contribution in [2.45, 2.75) is 0 Å². The standard InChI is InChI=1S/C60H37NO/c1-2-17-49-38(11-1)25-26-40-27-28-43(36-56(40)49)41-12-7-15-47(34-41)61(46-31-29-39(30-32-46)50-21-10-23-55-53-20-5-6-24-58(53)62-60(50)55)48-16-8-13-42(35-48)45-33-44-14-9-22-54-51-18-3-4-19-52(51)57(37-45)59(44)54/h1-37H. The van der Waals surface area contributed by atoms with Crippen LogP contribution < -0.4 is 4.90 Å². The van der Waals surface area contributed by atoms with E-state index >= 15 is 0 Å². The van der Waals surface area contributed by atoms with Crippen molar-refractivity contribution in [2.24, 2.45) is 0 Å². The Kier molecular flexibility index (Phi) is 7.64. The number of hydrogen-bond acceptors (Lipinski definition) is 2. The maximum Gasteiger partial charge on any atom is 0.143 e. The second-order valence-electron chi connectivity index (χ2n) is 16.5. The van der Waals surface area contributed by atoms with Crippen molar-refractivity contribution in [2.75, 3.05) is 4.90 Å². The maximum atomic E-state index is 6.47. The van der Waals surface area contributed by atoms with Gasteiger partial charge in [-0.2, -0.15) is 0 Å². The molecule has 2 heteroatoms. The molecule has 0 saturated carbocycles. The quantitative estimate of drug-likeness (QED) is 0.156. The Bertz CT molecular complexity index is 3760. The van der Waals surface area contributed by atoms with Crippen molar-refractivity contribution >= 4 is 71.3 Å². The Balaban J connectivity index is 0.957. The summed E-state index contributed by atoms with van der Waals surface area (Å²) in [6.07, 6.45) is 0. The maximum absolute atomic E-state index is 6.47. The van der Waals surface area contributed by atoms with E-state index in [4.69, 9.17) is 4.42 Å². The van der Waals surface area contributed by atoms with Crippen LogP contribution in [0.15, 0.2) is 229 Å². The molecule has 0 saturated heterocycles. The third kappa shape index (κ3) is 5.44. The van der Waals surface area contributed by atoms with Gasteiger partial charge >= 0.3 is 0 Å². The van der Waals surface area contributed by atoms with E-state index in [2.05, 4.69) is 217 Å². The number of furan rings is 1. The summed E-state index contributed by atoms with van der Waals surface area (Å²) in [6.45, 7) is 0. The second-order valence-corrected chi connectivity index (χ2v) is 16.5. The number of benzene rings is 11. The van der Waals surface area contributed by atoms with Gasteiger partial charge in [-0.3, -0.25) is 0 Å². The molecule has 1 aliphatic rings. The normalized spacial score (nSPS) is 11.9. The predicted molar refractivity (Wildman–Crippen MR) is 262 cm³/mol. The number of anilines is 3. The van der Waals surface area contributed by atoms with Gasteiger partial charge in [0.25, 0.3) is 0 Å². The van der Waals surface area contributed by atoms with E-state index in [1.54, 1.807) is 0 Å². The lowest BCUT2D eigenvalue weighted by molar-refractivity contribution is 0.670. The first-order valence-electron chi connectivity index (χ1n) is 21.3. The van der Waals surface area contributed by atoms with Crippen molar-refractivity contribution in [3.8, 4) is 55.6 Å². The SMILES string of the molecule is c1cc(-c2cc3c4c(cccc4c2)-c2ccccc2-3)cc(N(c2ccc(-c3cccc4c3oc3ccccc34)cc2)c2cccc(-c3ccc4ccc5ccccc5c4c3)c2)c1. The number of hydrogen-bond donors (Lipinski definition) is 0. The van der Waals surface area contributed by atoms with Crippen molar-refractivity contribution in [1.29, 1.82) is 0 Å². The first-order chi connectivity index (χ1) is 30.7. The van der Waals surface area contributed by atoms with E-state index in [9.17, 15) is 0 Å². The first kappa shape index (κ1) is 34.6. The van der Waals surface area contributed by atoms with Gasteiger partial charge in [0, 0.05) is 33.4 Å². The fourth-order valence-electron chi connectivity index (χ4n) is 10.0. The zero-order valence-electron chi connectivity index (χ0n) is 33.7. The minimum Gasteiger partial charge on any atom is -0.455 e. The lowest BCUT2D eigenvalue weighted by Crippen LogP contribution is -2.10. The molecule has 11 aromatic carbocycles. The molecule has 12 aromatic rings. The summed E-state index contributed by atoms with van der Waals surface area (Å²) in [5.74, 6) is 0. The summed E-state index contributed by atoms with van der Waals surface area (Å²) in [5, 5.41) is 9.90. The Morgan fingerprint density at radius 3 is 1.66 bits per heavy atom. The smallest absolute Gasteiger partial charge is 0.143 e. The first-order valence-corrected chi connectivity index (χ1v) is 21.3. The van der Waals surface area contributed by atoms with E-state index in [0.717, 1.165) is 50.1 Å². The molecule has 1 heterocycles. The number of nitrogens with zero attached hydrogens (tertiary/aromatic N) is 1. The molecule has 288 valence electrons. The molecule has 0 N–H and O–H groups in total. The molecule has 0 unspecified atom stereocenters. The second kappa shape index (κ2) is 13.7. The average molecular weight is 788 g/mol. The van der Waals surface area contributed by atoms with Crippen LogP contribution in [0.1, 0.15) is 0 Å². The van der Waals surface area contributed by atoms with Crippen LogP contribution in [0.3, 0.4) is 0 Å². The minimum atomic E-state index is 0.905. The molecule has 0 atom stereocenters. The third-order valence-corrected chi connectivity index (χ3v) is 12.9. The van der Waals surface area contributed by atoms with E-state index in [1.807, 2.05) is 12.1 Å². The molecule has 1 aliphatic carbocycles. The molecule has 0 aliphatic heterocycles. The average Bonchev–Trinajstić information content (AvgIpc) is 3.88. The minimum absolute atomic E-state index is 0.905. The van der Waals surface area contributed by atoms with Crippen LogP contribution in [0.25, 0.3) is 110 Å². The molecular weight excluding hydrogens is 751 g/mol. The van der Waals surface area contributed by atoms with Crippen LogP contribution in [-0.4, -0.2) is 0 Å². The lowest BCUT2D eigenvalue weighted by atomic mass is 9.95. The van der Waals surface area contributed by atoms with Gasteiger partial charge < -0.3 is 9.32 Å². The molecule has 0 spiro atoms. The molecule has 0 amide bonds. The van der Waals surface area contributed by atoms with Crippen molar-refractivity contribution in [3.63, 3.8) is 0 Å². The van der Waals surface area contributed by atoms with Crippen molar-refractivity contribution in [3.05, 3.63) is 224 Å². The van der Waals surface area contributed by atoms with Crippen LogP contribution in [0, 0.1) is 0 Å². The Morgan fingerprint density at radius 2 is 0.839 bits per heavy atom. The van der Waals surface area contributed by atoms with E-state index in [1.165, 1.54) is 76.8 Å². The van der Waals surface area contributed by atoms with Gasteiger partial charge in [0.1, 0.15) is 11.2 Å². The molecule has 0 radical (unpaired) electrons. The lowest BCUT2D eigenvalue weighted by Gasteiger charge is -2.27. The molecule has 1 aromatic heterocycles.